The van der Waals surface area contributed by atoms with Crippen LogP contribution in [0.2, 0.25) is 5.02 Å². The van der Waals surface area contributed by atoms with Gasteiger partial charge in [-0.05, 0) is 25.3 Å². The molecule has 4 nitrogen and oxygen atoms in total. The van der Waals surface area contributed by atoms with Crippen molar-refractivity contribution in [2.24, 2.45) is 11.7 Å². The van der Waals surface area contributed by atoms with E-state index in [-0.39, 0.29) is 11.9 Å². The minimum absolute atomic E-state index is 0.0298. The number of hydrogen-bond donors (Lipinski definition) is 2. The molecule has 1 aromatic heterocycles. The van der Waals surface area contributed by atoms with Crippen molar-refractivity contribution in [1.29, 1.82) is 5.41 Å². The molecule has 94 valence electrons. The average molecular weight is 256 g/mol. The molecule has 0 saturated carbocycles. The maximum atomic E-state index is 7.38. The Labute approximate surface area is 107 Å². The molecule has 0 amide bonds. The van der Waals surface area contributed by atoms with Gasteiger partial charge in [-0.2, -0.15) is 0 Å². The summed E-state index contributed by atoms with van der Waals surface area (Å²) in [5, 5.41) is 7.68. The Balaban J connectivity index is 2.85. The Morgan fingerprint density at radius 1 is 1.53 bits per heavy atom. The zero-order valence-corrected chi connectivity index (χ0v) is 11.1. The van der Waals surface area contributed by atoms with Crippen LogP contribution in [0.25, 0.3) is 0 Å². The number of nitrogens with two attached hydrogens (primary N) is 1. The summed E-state index contributed by atoms with van der Waals surface area (Å²) >= 11 is 6.08. The van der Waals surface area contributed by atoms with Crippen molar-refractivity contribution in [3.8, 4) is 5.88 Å². The molecule has 1 heterocycles. The Bertz CT molecular complexity index is 407. The normalized spacial score (nSPS) is 12.5. The first kappa shape index (κ1) is 13.8. The number of nitrogens with one attached hydrogen (secondary N) is 1. The van der Waals surface area contributed by atoms with Crippen molar-refractivity contribution in [2.75, 3.05) is 0 Å². The van der Waals surface area contributed by atoms with Crippen molar-refractivity contribution in [3.05, 3.63) is 22.8 Å². The van der Waals surface area contributed by atoms with Gasteiger partial charge in [-0.25, -0.2) is 4.98 Å². The minimum Gasteiger partial charge on any atom is -0.474 e. The molecule has 1 atom stereocenters. The van der Waals surface area contributed by atoms with Crippen molar-refractivity contribution >= 4 is 17.4 Å². The van der Waals surface area contributed by atoms with E-state index in [9.17, 15) is 0 Å². The lowest BCUT2D eigenvalue weighted by Gasteiger charge is -2.17. The molecule has 0 aliphatic carbocycles. The van der Waals surface area contributed by atoms with E-state index in [0.29, 0.717) is 22.4 Å². The highest BCUT2D eigenvalue weighted by atomic mass is 35.5. The fourth-order valence-corrected chi connectivity index (χ4v) is 1.88. The molecule has 0 aliphatic heterocycles. The molecule has 0 fully saturated rings. The molecule has 0 spiro atoms. The molecule has 1 aromatic rings. The van der Waals surface area contributed by atoms with Gasteiger partial charge in [0.2, 0.25) is 5.88 Å². The van der Waals surface area contributed by atoms with Crippen LogP contribution in [0.4, 0.5) is 0 Å². The maximum Gasteiger partial charge on any atom is 0.233 e. The second-order valence-corrected chi connectivity index (χ2v) is 4.83. The minimum atomic E-state index is -0.0845. The lowest BCUT2D eigenvalue weighted by Crippen LogP contribution is -2.17. The van der Waals surface area contributed by atoms with E-state index >= 15 is 0 Å². The van der Waals surface area contributed by atoms with Crippen LogP contribution < -0.4 is 10.5 Å². The summed E-state index contributed by atoms with van der Waals surface area (Å²) in [4.78, 5) is 4.06. The number of ether oxygens (including phenoxy) is 1. The lowest BCUT2D eigenvalue weighted by molar-refractivity contribution is 0.186. The van der Waals surface area contributed by atoms with Crippen molar-refractivity contribution in [1.82, 2.24) is 4.98 Å². The highest BCUT2D eigenvalue weighted by molar-refractivity contribution is 6.35. The predicted molar refractivity (Wildman–Crippen MR) is 69.8 cm³/mol. The summed E-state index contributed by atoms with van der Waals surface area (Å²) in [5.41, 5.74) is 5.86. The largest absolute Gasteiger partial charge is 0.474 e. The first-order chi connectivity index (χ1) is 7.91. The van der Waals surface area contributed by atoms with Gasteiger partial charge in [0.05, 0.1) is 6.10 Å². The molecule has 0 bridgehead atoms. The monoisotopic (exact) mass is 255 g/mol. The van der Waals surface area contributed by atoms with Gasteiger partial charge in [-0.3, -0.25) is 5.41 Å². The van der Waals surface area contributed by atoms with Crippen LogP contribution in [0.15, 0.2) is 12.3 Å². The Kier molecular flexibility index (Phi) is 4.75. The average Bonchev–Trinajstić information content (AvgIpc) is 2.19. The Hall–Kier alpha value is -1.29. The number of rotatable bonds is 5. The number of pyridine rings is 1. The summed E-state index contributed by atoms with van der Waals surface area (Å²) < 4.78 is 5.65. The van der Waals surface area contributed by atoms with E-state index in [0.717, 1.165) is 6.42 Å². The third-order valence-corrected chi connectivity index (χ3v) is 2.63. The molecular formula is C12H18ClN3O. The van der Waals surface area contributed by atoms with E-state index in [1.807, 2.05) is 6.92 Å². The highest BCUT2D eigenvalue weighted by Crippen LogP contribution is 2.26. The number of amidine groups is 1. The molecule has 17 heavy (non-hydrogen) atoms. The quantitative estimate of drug-likeness (QED) is 0.628. The molecule has 0 aromatic carbocycles. The van der Waals surface area contributed by atoms with Crippen LogP contribution in [0.5, 0.6) is 5.88 Å². The number of aromatic nitrogens is 1. The lowest BCUT2D eigenvalue weighted by atomic mass is 10.1. The third-order valence-electron chi connectivity index (χ3n) is 2.26. The fourth-order valence-electron chi connectivity index (χ4n) is 1.62. The summed E-state index contributed by atoms with van der Waals surface area (Å²) in [6.45, 7) is 6.22. The summed E-state index contributed by atoms with van der Waals surface area (Å²) in [5.74, 6) is 0.797. The van der Waals surface area contributed by atoms with Gasteiger partial charge in [-0.15, -0.1) is 0 Å². The van der Waals surface area contributed by atoms with Gasteiger partial charge in [0.1, 0.15) is 10.9 Å². The second kappa shape index (κ2) is 5.87. The molecule has 1 unspecified atom stereocenters. The van der Waals surface area contributed by atoms with Crippen molar-refractivity contribution in [2.45, 2.75) is 33.3 Å². The van der Waals surface area contributed by atoms with Crippen LogP contribution in [-0.4, -0.2) is 16.9 Å². The zero-order valence-electron chi connectivity index (χ0n) is 10.3. The van der Waals surface area contributed by atoms with Crippen LogP contribution in [0.3, 0.4) is 0 Å². The third kappa shape index (κ3) is 3.89. The van der Waals surface area contributed by atoms with Crippen LogP contribution in [0.1, 0.15) is 32.8 Å². The summed E-state index contributed by atoms with van der Waals surface area (Å²) in [6, 6.07) is 1.60. The zero-order chi connectivity index (χ0) is 13.0. The van der Waals surface area contributed by atoms with Gasteiger partial charge in [0.15, 0.2) is 0 Å². The van der Waals surface area contributed by atoms with Crippen LogP contribution in [-0.2, 0) is 0 Å². The van der Waals surface area contributed by atoms with E-state index in [4.69, 9.17) is 27.5 Å². The van der Waals surface area contributed by atoms with Gasteiger partial charge in [-0.1, -0.05) is 25.4 Å². The second-order valence-electron chi connectivity index (χ2n) is 4.45. The van der Waals surface area contributed by atoms with Crippen LogP contribution >= 0.6 is 11.6 Å². The first-order valence-corrected chi connectivity index (χ1v) is 5.95. The molecular weight excluding hydrogens is 238 g/mol. The first-order valence-electron chi connectivity index (χ1n) is 5.57. The molecule has 0 saturated heterocycles. The number of nitrogen functional groups attached to an aromatic ring is 1. The number of halogens is 1. The fraction of sp³-hybridized carbons (Fsp3) is 0.500. The Morgan fingerprint density at radius 3 is 2.71 bits per heavy atom. The molecule has 5 heteroatoms. The maximum absolute atomic E-state index is 7.38. The standard InChI is InChI=1S/C12H18ClN3O/c1-7(2)6-8(3)17-12-10(13)9(11(14)15)4-5-16-12/h4-5,7-8H,6H2,1-3H3,(H3,14,15). The van der Waals surface area contributed by atoms with E-state index in [1.54, 1.807) is 12.3 Å². The molecule has 1 rings (SSSR count). The smallest absolute Gasteiger partial charge is 0.233 e. The number of hydrogen-bond acceptors (Lipinski definition) is 3. The van der Waals surface area contributed by atoms with Gasteiger partial charge >= 0.3 is 0 Å². The van der Waals surface area contributed by atoms with Gasteiger partial charge < -0.3 is 10.5 Å². The SMILES string of the molecule is CC(C)CC(C)Oc1nccc(C(=N)N)c1Cl. The van der Waals surface area contributed by atoms with Gasteiger partial charge in [0, 0.05) is 11.8 Å². The molecule has 3 N–H and O–H groups in total. The molecule has 0 radical (unpaired) electrons. The van der Waals surface area contributed by atoms with Gasteiger partial charge in [0.25, 0.3) is 0 Å². The summed E-state index contributed by atoms with van der Waals surface area (Å²) in [7, 11) is 0. The summed E-state index contributed by atoms with van der Waals surface area (Å²) in [6.07, 6.45) is 2.49. The van der Waals surface area contributed by atoms with Crippen molar-refractivity contribution < 1.29 is 4.74 Å². The van der Waals surface area contributed by atoms with Crippen LogP contribution in [0, 0.1) is 11.3 Å². The van der Waals surface area contributed by atoms with E-state index in [1.165, 1.54) is 0 Å². The topological polar surface area (TPSA) is 72.0 Å². The van der Waals surface area contributed by atoms with Crippen molar-refractivity contribution in [3.63, 3.8) is 0 Å². The predicted octanol–water partition coefficient (Wildman–Crippen LogP) is 2.83. The highest BCUT2D eigenvalue weighted by Gasteiger charge is 2.14. The van der Waals surface area contributed by atoms with E-state index < -0.39 is 0 Å². The molecule has 0 aliphatic rings. The Morgan fingerprint density at radius 2 is 2.18 bits per heavy atom. The van der Waals surface area contributed by atoms with E-state index in [2.05, 4.69) is 18.8 Å². The number of nitrogens with zero attached hydrogens (tertiary/aromatic N) is 1.